The molecule has 0 fully saturated rings. The lowest BCUT2D eigenvalue weighted by molar-refractivity contribution is -0.145. The summed E-state index contributed by atoms with van der Waals surface area (Å²) in [6, 6.07) is 4.70. The summed E-state index contributed by atoms with van der Waals surface area (Å²) in [5.74, 6) is -1.49. The van der Waals surface area contributed by atoms with Crippen molar-refractivity contribution in [1.82, 2.24) is 14.9 Å². The van der Waals surface area contributed by atoms with E-state index in [4.69, 9.17) is 0 Å². The van der Waals surface area contributed by atoms with Crippen molar-refractivity contribution >= 4 is 0 Å². The summed E-state index contributed by atoms with van der Waals surface area (Å²) in [6.45, 7) is 1.28. The molecule has 2 N–H and O–H groups in total. The highest BCUT2D eigenvalue weighted by atomic mass is 19.4. The van der Waals surface area contributed by atoms with Crippen molar-refractivity contribution < 1.29 is 23.4 Å². The topological polar surface area (TPSA) is 69.5 Å². The van der Waals surface area contributed by atoms with E-state index in [1.165, 1.54) is 12.3 Å². The molecule has 0 atom stereocenters. The molecule has 0 spiro atoms. The van der Waals surface area contributed by atoms with Gasteiger partial charge in [-0.1, -0.05) is 12.1 Å². The van der Waals surface area contributed by atoms with Gasteiger partial charge in [-0.25, -0.2) is 9.97 Å². The summed E-state index contributed by atoms with van der Waals surface area (Å²) < 4.78 is 37.9. The third kappa shape index (κ3) is 3.21. The number of hydrogen-bond donors (Lipinski definition) is 2. The second kappa shape index (κ2) is 5.69. The third-order valence-corrected chi connectivity index (χ3v) is 3.76. The van der Waals surface area contributed by atoms with E-state index in [-0.39, 0.29) is 11.5 Å². The van der Waals surface area contributed by atoms with Gasteiger partial charge in [0.1, 0.15) is 0 Å². The van der Waals surface area contributed by atoms with E-state index < -0.39 is 12.0 Å². The lowest BCUT2D eigenvalue weighted by Gasteiger charge is -2.28. The molecular formula is C15H14F3N3O2. The van der Waals surface area contributed by atoms with Gasteiger partial charge in [-0.2, -0.15) is 13.2 Å². The second-order valence-electron chi connectivity index (χ2n) is 5.41. The Labute approximate surface area is 130 Å². The van der Waals surface area contributed by atoms with Gasteiger partial charge in [-0.05, 0) is 6.07 Å². The third-order valence-electron chi connectivity index (χ3n) is 3.76. The number of rotatable bonds is 2. The van der Waals surface area contributed by atoms with Gasteiger partial charge in [0.2, 0.25) is 5.82 Å². The van der Waals surface area contributed by atoms with E-state index in [1.807, 2.05) is 4.90 Å². The number of benzene rings is 1. The first-order chi connectivity index (χ1) is 10.8. The molecule has 2 aromatic rings. The van der Waals surface area contributed by atoms with Gasteiger partial charge in [0.15, 0.2) is 11.5 Å². The fraction of sp³-hybridized carbons (Fsp3) is 0.333. The zero-order valence-corrected chi connectivity index (χ0v) is 12.0. The average molecular weight is 325 g/mol. The van der Waals surface area contributed by atoms with E-state index >= 15 is 0 Å². The molecule has 3 rings (SSSR count). The minimum Gasteiger partial charge on any atom is -0.504 e. The zero-order chi connectivity index (χ0) is 16.6. The first kappa shape index (κ1) is 15.5. The van der Waals surface area contributed by atoms with Crippen LogP contribution >= 0.6 is 0 Å². The molecule has 1 aliphatic rings. The number of para-hydroxylation sites is 1. The van der Waals surface area contributed by atoms with E-state index in [1.54, 1.807) is 12.1 Å². The lowest BCUT2D eigenvalue weighted by Crippen LogP contribution is -2.31. The molecule has 5 nitrogen and oxygen atoms in total. The van der Waals surface area contributed by atoms with Crippen LogP contribution in [-0.2, 0) is 25.7 Å². The summed E-state index contributed by atoms with van der Waals surface area (Å²) in [4.78, 5) is 8.94. The number of phenolic OH excluding ortho intramolecular Hbond substituents is 2. The Morgan fingerprint density at radius 1 is 1.22 bits per heavy atom. The number of phenols is 2. The van der Waals surface area contributed by atoms with Crippen LogP contribution in [0.4, 0.5) is 13.2 Å². The average Bonchev–Trinajstić information content (AvgIpc) is 2.50. The van der Waals surface area contributed by atoms with Crippen LogP contribution in [0.2, 0.25) is 0 Å². The molecule has 2 heterocycles. The van der Waals surface area contributed by atoms with Gasteiger partial charge < -0.3 is 10.2 Å². The molecule has 0 saturated heterocycles. The van der Waals surface area contributed by atoms with Crippen molar-refractivity contribution in [2.75, 3.05) is 6.54 Å². The van der Waals surface area contributed by atoms with Crippen molar-refractivity contribution in [2.45, 2.75) is 25.7 Å². The van der Waals surface area contributed by atoms with Gasteiger partial charge in [-0.15, -0.1) is 0 Å². The molecule has 1 aromatic carbocycles. The van der Waals surface area contributed by atoms with Crippen LogP contribution in [0, 0.1) is 0 Å². The smallest absolute Gasteiger partial charge is 0.451 e. The Balaban J connectivity index is 1.77. The van der Waals surface area contributed by atoms with Gasteiger partial charge in [-0.3, -0.25) is 4.90 Å². The lowest BCUT2D eigenvalue weighted by atomic mass is 10.1. The van der Waals surface area contributed by atoms with Gasteiger partial charge in [0.25, 0.3) is 0 Å². The minimum absolute atomic E-state index is 0.179. The van der Waals surface area contributed by atoms with E-state index in [2.05, 4.69) is 9.97 Å². The Morgan fingerprint density at radius 3 is 2.74 bits per heavy atom. The molecule has 0 bridgehead atoms. The SMILES string of the molecule is Oc1cccc(CN2CCc3nc(C(F)(F)F)ncc3C2)c1O. The van der Waals surface area contributed by atoms with Crippen molar-refractivity contribution in [3.05, 3.63) is 47.0 Å². The Kier molecular flexibility index (Phi) is 3.85. The Hall–Kier alpha value is -2.35. The molecule has 1 aliphatic heterocycles. The zero-order valence-electron chi connectivity index (χ0n) is 12.0. The molecule has 0 saturated carbocycles. The highest BCUT2D eigenvalue weighted by molar-refractivity contribution is 5.44. The first-order valence-corrected chi connectivity index (χ1v) is 6.99. The van der Waals surface area contributed by atoms with Crippen LogP contribution in [0.15, 0.2) is 24.4 Å². The molecule has 0 aliphatic carbocycles. The number of aromatic nitrogens is 2. The predicted octanol–water partition coefficient (Wildman–Crippen LogP) is 2.46. The molecule has 8 heteroatoms. The summed E-state index contributed by atoms with van der Waals surface area (Å²) in [5.41, 5.74) is 1.61. The largest absolute Gasteiger partial charge is 0.504 e. The number of alkyl halides is 3. The van der Waals surface area contributed by atoms with Crippen LogP contribution in [0.1, 0.15) is 22.6 Å². The van der Waals surface area contributed by atoms with Crippen LogP contribution in [-0.4, -0.2) is 31.6 Å². The van der Waals surface area contributed by atoms with Crippen molar-refractivity contribution in [2.24, 2.45) is 0 Å². The number of fused-ring (bicyclic) bond motifs is 1. The number of hydrogen-bond acceptors (Lipinski definition) is 5. The van der Waals surface area contributed by atoms with Crippen molar-refractivity contribution in [3.8, 4) is 11.5 Å². The molecule has 0 amide bonds. The Morgan fingerprint density at radius 2 is 2.00 bits per heavy atom. The van der Waals surface area contributed by atoms with Crippen molar-refractivity contribution in [1.29, 1.82) is 0 Å². The van der Waals surface area contributed by atoms with Crippen LogP contribution in [0.5, 0.6) is 11.5 Å². The van der Waals surface area contributed by atoms with Crippen LogP contribution in [0.3, 0.4) is 0 Å². The predicted molar refractivity (Wildman–Crippen MR) is 74.6 cm³/mol. The quantitative estimate of drug-likeness (QED) is 0.830. The van der Waals surface area contributed by atoms with Gasteiger partial charge in [0.05, 0.1) is 5.69 Å². The monoisotopic (exact) mass is 325 g/mol. The minimum atomic E-state index is -4.54. The fourth-order valence-electron chi connectivity index (χ4n) is 2.59. The summed E-state index contributed by atoms with van der Waals surface area (Å²) in [6.07, 6.45) is -2.96. The van der Waals surface area contributed by atoms with Gasteiger partial charge >= 0.3 is 6.18 Å². The normalized spacial score (nSPS) is 15.4. The number of halogens is 3. The fourth-order valence-corrected chi connectivity index (χ4v) is 2.59. The highest BCUT2D eigenvalue weighted by Gasteiger charge is 2.35. The number of nitrogens with zero attached hydrogens (tertiary/aromatic N) is 3. The van der Waals surface area contributed by atoms with Crippen molar-refractivity contribution in [3.63, 3.8) is 0 Å². The summed E-state index contributed by atoms with van der Waals surface area (Å²) >= 11 is 0. The van der Waals surface area contributed by atoms with Crippen LogP contribution in [0.25, 0.3) is 0 Å². The second-order valence-corrected chi connectivity index (χ2v) is 5.41. The Bertz CT molecular complexity index is 734. The first-order valence-electron chi connectivity index (χ1n) is 6.99. The molecule has 1 aromatic heterocycles. The molecular weight excluding hydrogens is 311 g/mol. The van der Waals surface area contributed by atoms with Gasteiger partial charge in [0, 0.05) is 43.4 Å². The van der Waals surface area contributed by atoms with E-state index in [0.29, 0.717) is 42.9 Å². The van der Waals surface area contributed by atoms with E-state index in [9.17, 15) is 23.4 Å². The molecule has 23 heavy (non-hydrogen) atoms. The highest BCUT2D eigenvalue weighted by Crippen LogP contribution is 2.31. The maximum atomic E-state index is 12.6. The maximum Gasteiger partial charge on any atom is 0.451 e. The summed E-state index contributed by atoms with van der Waals surface area (Å²) in [5, 5.41) is 19.3. The molecule has 122 valence electrons. The molecule has 0 unspecified atom stereocenters. The standard InChI is InChI=1S/C15H14F3N3O2/c16-15(17,18)14-19-6-10-8-21(5-4-11(10)20-14)7-9-2-1-3-12(22)13(9)23/h1-3,6,22-23H,4-5,7-8H2. The summed E-state index contributed by atoms with van der Waals surface area (Å²) in [7, 11) is 0. The van der Waals surface area contributed by atoms with E-state index in [0.717, 1.165) is 0 Å². The van der Waals surface area contributed by atoms with Crippen LogP contribution < -0.4 is 0 Å². The molecule has 0 radical (unpaired) electrons. The number of aromatic hydroxyl groups is 2. The maximum absolute atomic E-state index is 12.6.